The van der Waals surface area contributed by atoms with Crippen molar-refractivity contribution in [2.24, 2.45) is 0 Å². The molecule has 1 atom stereocenters. The van der Waals surface area contributed by atoms with Crippen molar-refractivity contribution in [3.8, 4) is 17.2 Å². The van der Waals surface area contributed by atoms with E-state index in [1.54, 1.807) is 32.4 Å². The van der Waals surface area contributed by atoms with Crippen LogP contribution in [-0.4, -0.2) is 50.6 Å². The fraction of sp³-hybridized carbons (Fsp3) is 0.333. The van der Waals surface area contributed by atoms with Crippen molar-refractivity contribution in [1.29, 1.82) is 0 Å². The van der Waals surface area contributed by atoms with Gasteiger partial charge in [-0.1, -0.05) is 0 Å². The summed E-state index contributed by atoms with van der Waals surface area (Å²) < 4.78 is 16.3. The smallest absolute Gasteiger partial charge is 0.262 e. The van der Waals surface area contributed by atoms with E-state index in [0.717, 1.165) is 23.5 Å². The molecule has 1 N–H and O–H groups in total. The molecule has 0 aliphatic carbocycles. The average molecular weight is 382 g/mol. The Morgan fingerprint density at radius 2 is 2.04 bits per heavy atom. The molecule has 4 rings (SSSR count). The topological polar surface area (TPSA) is 77.1 Å². The number of rotatable bonds is 4. The molecule has 7 heteroatoms. The van der Waals surface area contributed by atoms with Crippen LogP contribution < -0.4 is 19.5 Å². The summed E-state index contributed by atoms with van der Waals surface area (Å²) in [7, 11) is 3.28. The molecule has 2 aliphatic heterocycles. The van der Waals surface area contributed by atoms with Crippen molar-refractivity contribution in [2.75, 3.05) is 39.2 Å². The number of benzene rings is 2. The van der Waals surface area contributed by atoms with Gasteiger partial charge in [-0.2, -0.15) is 0 Å². The van der Waals surface area contributed by atoms with Gasteiger partial charge in [0, 0.05) is 30.1 Å². The Hall–Kier alpha value is -3.22. The van der Waals surface area contributed by atoms with Gasteiger partial charge in [0.1, 0.15) is 17.2 Å². The van der Waals surface area contributed by atoms with Gasteiger partial charge in [0.2, 0.25) is 0 Å². The normalized spacial score (nSPS) is 18.1. The fourth-order valence-electron chi connectivity index (χ4n) is 3.75. The molecule has 0 radical (unpaired) electrons. The standard InChI is InChI=1S/C21H22N2O5/c1-26-15-4-6-18(27-2)16(10-15)14-7-8-23(11-14)21(25)13-3-5-17-19(9-13)28-12-20(24)22-17/h3-6,9-10,14H,7-8,11-12H2,1-2H3,(H,22,24)/t14-/m0/s1. The van der Waals surface area contributed by atoms with Crippen LogP contribution in [0.2, 0.25) is 0 Å². The molecule has 0 saturated carbocycles. The SMILES string of the molecule is COc1ccc(OC)c([C@H]2CCN(C(=O)c3ccc4c(c3)OCC(=O)N4)C2)c1. The third-order valence-corrected chi connectivity index (χ3v) is 5.21. The van der Waals surface area contributed by atoms with Gasteiger partial charge in [0.25, 0.3) is 11.8 Å². The summed E-state index contributed by atoms with van der Waals surface area (Å²) in [5, 5.41) is 2.73. The lowest BCUT2D eigenvalue weighted by Crippen LogP contribution is -2.29. The quantitative estimate of drug-likeness (QED) is 0.880. The van der Waals surface area contributed by atoms with Gasteiger partial charge < -0.3 is 24.4 Å². The zero-order valence-corrected chi connectivity index (χ0v) is 15.9. The van der Waals surface area contributed by atoms with Gasteiger partial charge in [-0.25, -0.2) is 0 Å². The van der Waals surface area contributed by atoms with E-state index < -0.39 is 0 Å². The van der Waals surface area contributed by atoms with E-state index in [9.17, 15) is 9.59 Å². The van der Waals surface area contributed by atoms with Crippen molar-refractivity contribution in [3.05, 3.63) is 47.5 Å². The van der Waals surface area contributed by atoms with Gasteiger partial charge in [-0.05, 0) is 42.8 Å². The third-order valence-electron chi connectivity index (χ3n) is 5.21. The van der Waals surface area contributed by atoms with Gasteiger partial charge in [-0.15, -0.1) is 0 Å². The lowest BCUT2D eigenvalue weighted by atomic mass is 9.97. The number of hydrogen-bond donors (Lipinski definition) is 1. The van der Waals surface area contributed by atoms with Gasteiger partial charge >= 0.3 is 0 Å². The summed E-state index contributed by atoms with van der Waals surface area (Å²) in [4.78, 5) is 26.2. The molecule has 7 nitrogen and oxygen atoms in total. The first-order valence-corrected chi connectivity index (χ1v) is 9.17. The first-order valence-electron chi connectivity index (χ1n) is 9.17. The summed E-state index contributed by atoms with van der Waals surface area (Å²) >= 11 is 0. The maximum Gasteiger partial charge on any atom is 0.262 e. The Balaban J connectivity index is 1.52. The predicted molar refractivity (Wildman–Crippen MR) is 103 cm³/mol. The zero-order chi connectivity index (χ0) is 19.7. The van der Waals surface area contributed by atoms with E-state index in [-0.39, 0.29) is 24.3 Å². The largest absolute Gasteiger partial charge is 0.497 e. The number of hydrogen-bond acceptors (Lipinski definition) is 5. The molecule has 0 bridgehead atoms. The minimum Gasteiger partial charge on any atom is -0.497 e. The summed E-state index contributed by atoms with van der Waals surface area (Å²) in [6, 6.07) is 10.9. The molecule has 2 heterocycles. The Labute approximate surface area is 163 Å². The number of carbonyl (C=O) groups excluding carboxylic acids is 2. The van der Waals surface area contributed by atoms with Crippen LogP contribution in [-0.2, 0) is 4.79 Å². The highest BCUT2D eigenvalue weighted by Crippen LogP contribution is 2.37. The highest BCUT2D eigenvalue weighted by molar-refractivity contribution is 5.99. The van der Waals surface area contributed by atoms with Crippen LogP contribution in [0.15, 0.2) is 36.4 Å². The molecule has 28 heavy (non-hydrogen) atoms. The zero-order valence-electron chi connectivity index (χ0n) is 15.9. The molecule has 1 saturated heterocycles. The van der Waals surface area contributed by atoms with Crippen LogP contribution in [0.25, 0.3) is 0 Å². The Morgan fingerprint density at radius 1 is 1.18 bits per heavy atom. The number of nitrogens with one attached hydrogen (secondary N) is 1. The van der Waals surface area contributed by atoms with E-state index in [1.807, 2.05) is 23.1 Å². The van der Waals surface area contributed by atoms with Crippen molar-refractivity contribution in [3.63, 3.8) is 0 Å². The number of nitrogens with zero attached hydrogens (tertiary/aromatic N) is 1. The van der Waals surface area contributed by atoms with E-state index in [2.05, 4.69) is 5.32 Å². The molecule has 2 aromatic rings. The van der Waals surface area contributed by atoms with Crippen molar-refractivity contribution < 1.29 is 23.8 Å². The minimum absolute atomic E-state index is 0.0356. The van der Waals surface area contributed by atoms with E-state index in [1.165, 1.54) is 0 Å². The summed E-state index contributed by atoms with van der Waals surface area (Å²) in [6.45, 7) is 1.24. The number of carbonyl (C=O) groups is 2. The summed E-state index contributed by atoms with van der Waals surface area (Å²) in [5.74, 6) is 2.04. The number of anilines is 1. The number of amides is 2. The second-order valence-electron chi connectivity index (χ2n) is 6.89. The Morgan fingerprint density at radius 3 is 2.82 bits per heavy atom. The fourth-order valence-corrected chi connectivity index (χ4v) is 3.75. The molecule has 1 fully saturated rings. The molecule has 0 aromatic heterocycles. The molecule has 2 aromatic carbocycles. The lowest BCUT2D eigenvalue weighted by molar-refractivity contribution is -0.118. The second kappa shape index (κ2) is 7.42. The summed E-state index contributed by atoms with van der Waals surface area (Å²) in [5.41, 5.74) is 2.19. The monoisotopic (exact) mass is 382 g/mol. The van der Waals surface area contributed by atoms with Crippen molar-refractivity contribution in [1.82, 2.24) is 4.90 Å². The van der Waals surface area contributed by atoms with Crippen LogP contribution >= 0.6 is 0 Å². The van der Waals surface area contributed by atoms with Gasteiger partial charge in [0.05, 0.1) is 19.9 Å². The molecule has 146 valence electrons. The number of methoxy groups -OCH3 is 2. The van der Waals surface area contributed by atoms with Gasteiger partial charge in [-0.3, -0.25) is 9.59 Å². The first-order chi connectivity index (χ1) is 13.6. The number of ether oxygens (including phenoxy) is 3. The Bertz CT molecular complexity index is 927. The van der Waals surface area contributed by atoms with Crippen LogP contribution in [0.4, 0.5) is 5.69 Å². The molecule has 2 aliphatic rings. The third kappa shape index (κ3) is 3.35. The van der Waals surface area contributed by atoms with E-state index in [4.69, 9.17) is 14.2 Å². The molecule has 2 amide bonds. The van der Waals surface area contributed by atoms with Crippen LogP contribution in [0, 0.1) is 0 Å². The predicted octanol–water partition coefficient (Wildman–Crippen LogP) is 2.66. The van der Waals surface area contributed by atoms with Crippen molar-refractivity contribution >= 4 is 17.5 Å². The summed E-state index contributed by atoms with van der Waals surface area (Å²) in [6.07, 6.45) is 0.854. The average Bonchev–Trinajstić information content (AvgIpc) is 3.22. The van der Waals surface area contributed by atoms with E-state index in [0.29, 0.717) is 30.1 Å². The van der Waals surface area contributed by atoms with Crippen LogP contribution in [0.3, 0.4) is 0 Å². The van der Waals surface area contributed by atoms with E-state index >= 15 is 0 Å². The highest BCUT2D eigenvalue weighted by atomic mass is 16.5. The van der Waals surface area contributed by atoms with Crippen LogP contribution in [0.1, 0.15) is 28.3 Å². The first kappa shape index (κ1) is 18.2. The molecule has 0 unspecified atom stereocenters. The number of fused-ring (bicyclic) bond motifs is 1. The lowest BCUT2D eigenvalue weighted by Gasteiger charge is -2.21. The maximum absolute atomic E-state index is 13.0. The highest BCUT2D eigenvalue weighted by Gasteiger charge is 2.30. The second-order valence-corrected chi connectivity index (χ2v) is 6.89. The van der Waals surface area contributed by atoms with Crippen LogP contribution in [0.5, 0.6) is 17.2 Å². The van der Waals surface area contributed by atoms with Gasteiger partial charge in [0.15, 0.2) is 6.61 Å². The maximum atomic E-state index is 13.0. The number of likely N-dealkylation sites (tertiary alicyclic amines) is 1. The van der Waals surface area contributed by atoms with Crippen molar-refractivity contribution in [2.45, 2.75) is 12.3 Å². The molecular weight excluding hydrogens is 360 g/mol. The molecular formula is C21H22N2O5. The molecule has 0 spiro atoms. The Kier molecular flexibility index (Phi) is 4.81. The minimum atomic E-state index is -0.193.